The number of esters is 1. The van der Waals surface area contributed by atoms with Gasteiger partial charge in [-0.15, -0.1) is 0 Å². The van der Waals surface area contributed by atoms with E-state index in [0.29, 0.717) is 13.2 Å². The molecule has 21 heavy (non-hydrogen) atoms. The zero-order valence-corrected chi connectivity index (χ0v) is 11.8. The van der Waals surface area contributed by atoms with Gasteiger partial charge >= 0.3 is 12.1 Å². The molecule has 1 aliphatic rings. The van der Waals surface area contributed by atoms with Gasteiger partial charge in [-0.1, -0.05) is 18.2 Å². The lowest BCUT2D eigenvalue weighted by Gasteiger charge is -2.37. The minimum Gasteiger partial charge on any atom is -0.465 e. The minimum absolute atomic E-state index is 0.135. The van der Waals surface area contributed by atoms with Gasteiger partial charge in [0.15, 0.2) is 0 Å². The van der Waals surface area contributed by atoms with Crippen LogP contribution in [0.25, 0.3) is 0 Å². The quantitative estimate of drug-likeness (QED) is 0.700. The van der Waals surface area contributed by atoms with Crippen LogP contribution in [0.2, 0.25) is 0 Å². The molecule has 1 saturated heterocycles. The van der Waals surface area contributed by atoms with E-state index in [1.807, 2.05) is 35.2 Å². The molecule has 0 bridgehead atoms. The van der Waals surface area contributed by atoms with E-state index in [1.165, 1.54) is 0 Å². The van der Waals surface area contributed by atoms with Crippen LogP contribution < -0.4 is 10.6 Å². The highest BCUT2D eigenvalue weighted by Crippen LogP contribution is 2.14. The van der Waals surface area contributed by atoms with Gasteiger partial charge in [0.25, 0.3) is 0 Å². The molecule has 1 aliphatic heterocycles. The zero-order chi connectivity index (χ0) is 15.2. The Morgan fingerprint density at radius 2 is 2.10 bits per heavy atom. The van der Waals surface area contributed by atoms with Crippen molar-refractivity contribution in [3.63, 3.8) is 0 Å². The van der Waals surface area contributed by atoms with Gasteiger partial charge in [0.2, 0.25) is 0 Å². The van der Waals surface area contributed by atoms with E-state index >= 15 is 0 Å². The second-order valence-electron chi connectivity index (χ2n) is 4.88. The first-order valence-corrected chi connectivity index (χ1v) is 6.77. The van der Waals surface area contributed by atoms with E-state index in [1.54, 1.807) is 6.92 Å². The topological polar surface area (TPSA) is 90.9 Å². The minimum atomic E-state index is -1.10. The van der Waals surface area contributed by atoms with Crippen LogP contribution in [0.1, 0.15) is 6.92 Å². The summed E-state index contributed by atoms with van der Waals surface area (Å²) in [6.45, 7) is 2.76. The molecule has 114 valence electrons. The van der Waals surface area contributed by atoms with Crippen LogP contribution in [0.4, 0.5) is 10.5 Å². The Hall–Kier alpha value is -2.28. The van der Waals surface area contributed by atoms with Crippen molar-refractivity contribution in [2.75, 3.05) is 25.0 Å². The lowest BCUT2D eigenvalue weighted by Crippen LogP contribution is -2.57. The van der Waals surface area contributed by atoms with Gasteiger partial charge in [-0.25, -0.2) is 4.79 Å². The summed E-state index contributed by atoms with van der Waals surface area (Å²) in [5, 5.41) is 14.6. The van der Waals surface area contributed by atoms with Crippen LogP contribution in [0, 0.1) is 0 Å². The number of ether oxygens (including phenoxy) is 1. The highest BCUT2D eigenvalue weighted by molar-refractivity contribution is 5.72. The van der Waals surface area contributed by atoms with Gasteiger partial charge in [-0.2, -0.15) is 0 Å². The fourth-order valence-electron chi connectivity index (χ4n) is 2.32. The van der Waals surface area contributed by atoms with Crippen molar-refractivity contribution >= 4 is 17.7 Å². The van der Waals surface area contributed by atoms with Crippen LogP contribution in [-0.2, 0) is 9.53 Å². The lowest BCUT2D eigenvalue weighted by molar-refractivity contribution is -0.151. The number of para-hydroxylation sites is 1. The maximum atomic E-state index is 11.4. The molecule has 2 atom stereocenters. The monoisotopic (exact) mass is 293 g/mol. The van der Waals surface area contributed by atoms with Gasteiger partial charge in [-0.3, -0.25) is 9.69 Å². The Balaban J connectivity index is 2.12. The molecule has 1 aromatic rings. The number of nitrogens with one attached hydrogen (secondary N) is 2. The van der Waals surface area contributed by atoms with Gasteiger partial charge in [0, 0.05) is 12.2 Å². The Bertz CT molecular complexity index is 494. The summed E-state index contributed by atoms with van der Waals surface area (Å²) < 4.78 is 4.92. The third-order valence-electron chi connectivity index (χ3n) is 3.28. The highest BCUT2D eigenvalue weighted by Gasteiger charge is 2.30. The van der Waals surface area contributed by atoms with E-state index in [2.05, 4.69) is 10.6 Å². The molecule has 2 rings (SSSR count). The summed E-state index contributed by atoms with van der Waals surface area (Å²) in [7, 11) is 0. The number of anilines is 1. The van der Waals surface area contributed by atoms with E-state index in [9.17, 15) is 9.59 Å². The predicted molar refractivity (Wildman–Crippen MR) is 77.0 cm³/mol. The summed E-state index contributed by atoms with van der Waals surface area (Å²) >= 11 is 0. The lowest BCUT2D eigenvalue weighted by atomic mass is 10.2. The van der Waals surface area contributed by atoms with E-state index in [-0.39, 0.29) is 18.7 Å². The number of morpholine rings is 1. The summed E-state index contributed by atoms with van der Waals surface area (Å²) in [6.07, 6.45) is -1.43. The van der Waals surface area contributed by atoms with Crippen molar-refractivity contribution in [2.24, 2.45) is 0 Å². The molecule has 0 saturated carbocycles. The molecule has 1 fully saturated rings. The third-order valence-corrected chi connectivity index (χ3v) is 3.28. The normalized spacial score (nSPS) is 18.4. The predicted octanol–water partition coefficient (Wildman–Crippen LogP) is 0.940. The standard InChI is InChI=1S/C14H19N3O4/c1-10(15-14(19)20)13(16-11-5-3-2-4-6-11)17-7-8-21-12(18)9-17/h2-6,10,13,15-16H,7-9H2,1H3,(H,19,20). The summed E-state index contributed by atoms with van der Waals surface area (Å²) in [5.74, 6) is -0.302. The maximum Gasteiger partial charge on any atom is 0.404 e. The Morgan fingerprint density at radius 3 is 2.71 bits per heavy atom. The summed E-state index contributed by atoms with van der Waals surface area (Å²) in [5.41, 5.74) is 0.862. The van der Waals surface area contributed by atoms with Gasteiger partial charge in [-0.05, 0) is 19.1 Å². The number of carbonyl (C=O) groups is 2. The number of hydrogen-bond acceptors (Lipinski definition) is 5. The fourth-order valence-corrected chi connectivity index (χ4v) is 2.32. The smallest absolute Gasteiger partial charge is 0.404 e. The van der Waals surface area contributed by atoms with E-state index < -0.39 is 12.1 Å². The van der Waals surface area contributed by atoms with Crippen molar-refractivity contribution in [1.82, 2.24) is 10.2 Å². The van der Waals surface area contributed by atoms with Crippen molar-refractivity contribution < 1.29 is 19.4 Å². The van der Waals surface area contributed by atoms with Crippen LogP contribution in [0.15, 0.2) is 30.3 Å². The number of cyclic esters (lactones) is 1. The third kappa shape index (κ3) is 4.35. The molecule has 1 aromatic carbocycles. The average molecular weight is 293 g/mol. The van der Waals surface area contributed by atoms with E-state index in [4.69, 9.17) is 9.84 Å². The molecule has 7 heteroatoms. The number of amides is 1. The second kappa shape index (κ2) is 6.94. The molecule has 1 heterocycles. The van der Waals surface area contributed by atoms with Crippen molar-refractivity contribution in [1.29, 1.82) is 0 Å². The first-order chi connectivity index (χ1) is 10.1. The van der Waals surface area contributed by atoms with Crippen molar-refractivity contribution in [2.45, 2.75) is 19.1 Å². The molecule has 0 radical (unpaired) electrons. The molecular formula is C14H19N3O4. The summed E-state index contributed by atoms with van der Waals surface area (Å²) in [6, 6.07) is 9.06. The van der Waals surface area contributed by atoms with Gasteiger partial charge < -0.3 is 20.5 Å². The molecule has 0 aliphatic carbocycles. The van der Waals surface area contributed by atoms with Crippen LogP contribution in [0.5, 0.6) is 0 Å². The second-order valence-corrected chi connectivity index (χ2v) is 4.88. The first kappa shape index (κ1) is 15.1. The Kier molecular flexibility index (Phi) is 4.99. The number of benzene rings is 1. The number of carboxylic acid groups (broad SMARTS) is 1. The zero-order valence-electron chi connectivity index (χ0n) is 11.8. The van der Waals surface area contributed by atoms with Crippen LogP contribution >= 0.6 is 0 Å². The first-order valence-electron chi connectivity index (χ1n) is 6.77. The van der Waals surface area contributed by atoms with Crippen LogP contribution in [-0.4, -0.2) is 54.0 Å². The number of rotatable bonds is 5. The fraction of sp³-hybridized carbons (Fsp3) is 0.429. The number of nitrogens with zero attached hydrogens (tertiary/aromatic N) is 1. The average Bonchev–Trinajstić information content (AvgIpc) is 2.45. The Labute approximate surface area is 122 Å². The van der Waals surface area contributed by atoms with Crippen molar-refractivity contribution in [3.8, 4) is 0 Å². The van der Waals surface area contributed by atoms with E-state index in [0.717, 1.165) is 5.69 Å². The SMILES string of the molecule is CC(NC(=O)O)C(Nc1ccccc1)N1CCOC(=O)C1. The number of hydrogen-bond donors (Lipinski definition) is 3. The largest absolute Gasteiger partial charge is 0.465 e. The van der Waals surface area contributed by atoms with Gasteiger partial charge in [0.1, 0.15) is 12.8 Å². The highest BCUT2D eigenvalue weighted by atomic mass is 16.5. The molecular weight excluding hydrogens is 274 g/mol. The number of carbonyl (C=O) groups excluding carboxylic acids is 1. The summed E-state index contributed by atoms with van der Waals surface area (Å²) in [4.78, 5) is 24.2. The Morgan fingerprint density at radius 1 is 1.38 bits per heavy atom. The molecule has 0 spiro atoms. The molecule has 0 aromatic heterocycles. The van der Waals surface area contributed by atoms with Gasteiger partial charge in [0.05, 0.1) is 12.6 Å². The van der Waals surface area contributed by atoms with Crippen LogP contribution in [0.3, 0.4) is 0 Å². The van der Waals surface area contributed by atoms with Crippen molar-refractivity contribution in [3.05, 3.63) is 30.3 Å². The molecule has 3 N–H and O–H groups in total. The molecule has 7 nitrogen and oxygen atoms in total. The maximum absolute atomic E-state index is 11.4. The molecule has 1 amide bonds. The molecule has 2 unspecified atom stereocenters.